The van der Waals surface area contributed by atoms with Crippen molar-refractivity contribution in [1.29, 1.82) is 0 Å². The van der Waals surface area contributed by atoms with Gasteiger partial charge in [-0.2, -0.15) is 13.2 Å². The van der Waals surface area contributed by atoms with Gasteiger partial charge in [-0.05, 0) is 35.9 Å². The fourth-order valence-corrected chi connectivity index (χ4v) is 2.60. The second-order valence-corrected chi connectivity index (χ2v) is 5.93. The van der Waals surface area contributed by atoms with Crippen LogP contribution in [0.3, 0.4) is 0 Å². The molecular formula is C19H13ClF3NO2. The van der Waals surface area contributed by atoms with Crippen LogP contribution in [0.1, 0.15) is 21.7 Å². The Balaban J connectivity index is 1.76. The fourth-order valence-electron chi connectivity index (χ4n) is 2.38. The van der Waals surface area contributed by atoms with Crippen LogP contribution in [0.15, 0.2) is 65.1 Å². The van der Waals surface area contributed by atoms with Crippen LogP contribution in [0, 0.1) is 0 Å². The summed E-state index contributed by atoms with van der Waals surface area (Å²) in [5.41, 5.74) is 0.145. The molecule has 1 N–H and O–H groups in total. The van der Waals surface area contributed by atoms with E-state index in [0.29, 0.717) is 6.54 Å². The summed E-state index contributed by atoms with van der Waals surface area (Å²) in [5, 5.41) is 2.30. The molecule has 134 valence electrons. The number of halogens is 4. The standard InChI is InChI=1S/C19H13ClF3NO2/c20-15-7-6-13(10-14(15)19(21,22)23)16-8-9-17(26-16)18(25)24-11-12-4-2-1-3-5-12/h1-10H,11H2,(H,24,25). The number of nitrogens with one attached hydrogen (secondary N) is 1. The molecule has 0 aliphatic heterocycles. The molecule has 3 rings (SSSR count). The van der Waals surface area contributed by atoms with Crippen LogP contribution >= 0.6 is 11.6 Å². The van der Waals surface area contributed by atoms with Crippen molar-refractivity contribution < 1.29 is 22.4 Å². The summed E-state index contributed by atoms with van der Waals surface area (Å²) in [6.45, 7) is 0.314. The highest BCUT2D eigenvalue weighted by atomic mass is 35.5. The Morgan fingerprint density at radius 2 is 1.77 bits per heavy atom. The molecule has 3 nitrogen and oxygen atoms in total. The van der Waals surface area contributed by atoms with Gasteiger partial charge in [-0.25, -0.2) is 0 Å². The molecule has 3 aromatic rings. The van der Waals surface area contributed by atoms with Gasteiger partial charge in [-0.3, -0.25) is 4.79 Å². The Hall–Kier alpha value is -2.73. The zero-order valence-corrected chi connectivity index (χ0v) is 14.1. The predicted molar refractivity (Wildman–Crippen MR) is 91.8 cm³/mol. The Kier molecular flexibility index (Phi) is 5.04. The Labute approximate surface area is 152 Å². The highest BCUT2D eigenvalue weighted by Gasteiger charge is 2.33. The third-order valence-corrected chi connectivity index (χ3v) is 4.01. The third kappa shape index (κ3) is 4.08. The van der Waals surface area contributed by atoms with Crippen LogP contribution in [0.5, 0.6) is 0 Å². The number of benzene rings is 2. The maximum absolute atomic E-state index is 13.0. The largest absolute Gasteiger partial charge is 0.451 e. The van der Waals surface area contributed by atoms with Gasteiger partial charge in [0.05, 0.1) is 10.6 Å². The fraction of sp³-hybridized carbons (Fsp3) is 0.105. The van der Waals surface area contributed by atoms with Crippen LogP contribution < -0.4 is 5.32 Å². The van der Waals surface area contributed by atoms with Gasteiger partial charge in [0.1, 0.15) is 5.76 Å². The molecule has 0 radical (unpaired) electrons. The molecule has 7 heteroatoms. The van der Waals surface area contributed by atoms with Gasteiger partial charge in [0.15, 0.2) is 5.76 Å². The van der Waals surface area contributed by atoms with E-state index in [4.69, 9.17) is 16.0 Å². The highest BCUT2D eigenvalue weighted by molar-refractivity contribution is 6.31. The number of furan rings is 1. The first kappa shape index (κ1) is 18.1. The molecule has 0 spiro atoms. The minimum atomic E-state index is -4.57. The van der Waals surface area contributed by atoms with Gasteiger partial charge >= 0.3 is 6.18 Å². The van der Waals surface area contributed by atoms with Crippen molar-refractivity contribution >= 4 is 17.5 Å². The number of amides is 1. The van der Waals surface area contributed by atoms with Gasteiger partial charge in [0.25, 0.3) is 5.91 Å². The van der Waals surface area contributed by atoms with E-state index in [1.165, 1.54) is 18.2 Å². The normalized spacial score (nSPS) is 11.4. The third-order valence-electron chi connectivity index (χ3n) is 3.68. The number of carbonyl (C=O) groups excluding carboxylic acids is 1. The number of alkyl halides is 3. The molecule has 0 saturated heterocycles. The SMILES string of the molecule is O=C(NCc1ccccc1)c1ccc(-c2ccc(Cl)c(C(F)(F)F)c2)o1. The molecule has 1 heterocycles. The zero-order valence-electron chi connectivity index (χ0n) is 13.3. The van der Waals surface area contributed by atoms with E-state index in [2.05, 4.69) is 5.32 Å². The van der Waals surface area contributed by atoms with E-state index in [-0.39, 0.29) is 17.1 Å². The van der Waals surface area contributed by atoms with Crippen molar-refractivity contribution in [2.24, 2.45) is 0 Å². The molecule has 26 heavy (non-hydrogen) atoms. The van der Waals surface area contributed by atoms with Gasteiger partial charge < -0.3 is 9.73 Å². The molecule has 1 amide bonds. The first-order valence-corrected chi connectivity index (χ1v) is 8.01. The van der Waals surface area contributed by atoms with Crippen molar-refractivity contribution in [2.45, 2.75) is 12.7 Å². The molecule has 2 aromatic carbocycles. The summed E-state index contributed by atoms with van der Waals surface area (Å²) in [5.74, 6) is -0.290. The Morgan fingerprint density at radius 1 is 1.04 bits per heavy atom. The van der Waals surface area contributed by atoms with Crippen LogP contribution in [0.2, 0.25) is 5.02 Å². The van der Waals surface area contributed by atoms with E-state index in [0.717, 1.165) is 17.7 Å². The topological polar surface area (TPSA) is 42.2 Å². The molecule has 0 unspecified atom stereocenters. The second-order valence-electron chi connectivity index (χ2n) is 5.52. The summed E-state index contributed by atoms with van der Waals surface area (Å²) in [6, 6.07) is 15.6. The lowest BCUT2D eigenvalue weighted by molar-refractivity contribution is -0.137. The van der Waals surface area contributed by atoms with Crippen molar-refractivity contribution in [3.05, 3.63) is 82.6 Å². The van der Waals surface area contributed by atoms with Gasteiger partial charge in [-0.1, -0.05) is 41.9 Å². The summed E-state index contributed by atoms with van der Waals surface area (Å²) in [6.07, 6.45) is -4.57. The average molecular weight is 380 g/mol. The van der Waals surface area contributed by atoms with Crippen molar-refractivity contribution in [1.82, 2.24) is 5.32 Å². The first-order valence-electron chi connectivity index (χ1n) is 7.63. The number of hydrogen-bond donors (Lipinski definition) is 1. The number of hydrogen-bond acceptors (Lipinski definition) is 2. The lowest BCUT2D eigenvalue weighted by atomic mass is 10.1. The van der Waals surface area contributed by atoms with Crippen molar-refractivity contribution in [3.63, 3.8) is 0 Å². The summed E-state index contributed by atoms with van der Waals surface area (Å²) in [7, 11) is 0. The van der Waals surface area contributed by atoms with Crippen molar-refractivity contribution in [3.8, 4) is 11.3 Å². The lowest BCUT2D eigenvalue weighted by Crippen LogP contribution is -2.22. The van der Waals surface area contributed by atoms with E-state index in [1.807, 2.05) is 30.3 Å². The van der Waals surface area contributed by atoms with E-state index in [9.17, 15) is 18.0 Å². The maximum atomic E-state index is 13.0. The van der Waals surface area contributed by atoms with Crippen LogP contribution in [0.4, 0.5) is 13.2 Å². The van der Waals surface area contributed by atoms with E-state index >= 15 is 0 Å². The number of rotatable bonds is 4. The monoisotopic (exact) mass is 379 g/mol. The predicted octanol–water partition coefficient (Wildman–Crippen LogP) is 5.55. The van der Waals surface area contributed by atoms with Gasteiger partial charge in [-0.15, -0.1) is 0 Å². The van der Waals surface area contributed by atoms with Crippen LogP contribution in [0.25, 0.3) is 11.3 Å². The minimum absolute atomic E-state index is 0.0134. The molecule has 0 bridgehead atoms. The van der Waals surface area contributed by atoms with E-state index in [1.54, 1.807) is 0 Å². The first-order chi connectivity index (χ1) is 12.3. The molecule has 0 aliphatic rings. The minimum Gasteiger partial charge on any atom is -0.451 e. The second kappa shape index (κ2) is 7.25. The quantitative estimate of drug-likeness (QED) is 0.645. The average Bonchev–Trinajstić information content (AvgIpc) is 3.10. The maximum Gasteiger partial charge on any atom is 0.417 e. The van der Waals surface area contributed by atoms with Crippen LogP contribution in [-0.2, 0) is 12.7 Å². The summed E-state index contributed by atoms with van der Waals surface area (Å²) in [4.78, 5) is 12.1. The van der Waals surface area contributed by atoms with Gasteiger partial charge in [0.2, 0.25) is 0 Å². The molecule has 0 atom stereocenters. The summed E-state index contributed by atoms with van der Waals surface area (Å²) < 4.78 is 44.3. The van der Waals surface area contributed by atoms with E-state index < -0.39 is 22.7 Å². The summed E-state index contributed by atoms with van der Waals surface area (Å²) >= 11 is 5.61. The smallest absolute Gasteiger partial charge is 0.417 e. The molecular weight excluding hydrogens is 367 g/mol. The Morgan fingerprint density at radius 3 is 2.46 bits per heavy atom. The van der Waals surface area contributed by atoms with Crippen molar-refractivity contribution in [2.75, 3.05) is 0 Å². The zero-order chi connectivity index (χ0) is 18.7. The molecule has 0 saturated carbocycles. The Bertz CT molecular complexity index is 920. The van der Waals surface area contributed by atoms with Gasteiger partial charge in [0, 0.05) is 12.1 Å². The highest BCUT2D eigenvalue weighted by Crippen LogP contribution is 2.37. The molecule has 0 aliphatic carbocycles. The molecule has 1 aromatic heterocycles. The lowest BCUT2D eigenvalue weighted by Gasteiger charge is -2.10. The van der Waals surface area contributed by atoms with Crippen LogP contribution in [-0.4, -0.2) is 5.91 Å². The number of carbonyl (C=O) groups is 1. The molecule has 0 fully saturated rings.